The number of sulfonamides is 1. The molecule has 0 saturated carbocycles. The first-order chi connectivity index (χ1) is 16.3. The third-order valence-corrected chi connectivity index (χ3v) is 5.31. The summed E-state index contributed by atoms with van der Waals surface area (Å²) < 4.78 is 78.5. The number of nitrogens with zero attached hydrogens (tertiary/aromatic N) is 2. The van der Waals surface area contributed by atoms with Crippen LogP contribution in [0, 0.1) is 18.2 Å². The lowest BCUT2D eigenvalue weighted by Crippen LogP contribution is -2.25. The Kier molecular flexibility index (Phi) is 8.87. The van der Waals surface area contributed by atoms with E-state index in [0.717, 1.165) is 24.5 Å². The van der Waals surface area contributed by atoms with Crippen molar-refractivity contribution < 1.29 is 30.8 Å². The van der Waals surface area contributed by atoms with Crippen molar-refractivity contribution in [3.8, 4) is 12.3 Å². The van der Waals surface area contributed by atoms with Crippen LogP contribution in [-0.4, -0.2) is 38.7 Å². The molecule has 0 radical (unpaired) electrons. The van der Waals surface area contributed by atoms with E-state index in [-0.39, 0.29) is 29.2 Å². The molecule has 35 heavy (non-hydrogen) atoms. The summed E-state index contributed by atoms with van der Waals surface area (Å²) in [6, 6.07) is 4.44. The van der Waals surface area contributed by atoms with E-state index in [1.807, 2.05) is 4.72 Å². The van der Waals surface area contributed by atoms with Gasteiger partial charge in [-0.05, 0) is 49.8 Å². The van der Waals surface area contributed by atoms with Gasteiger partial charge in [-0.25, -0.2) is 17.8 Å². The average molecular weight is 513 g/mol. The van der Waals surface area contributed by atoms with Crippen LogP contribution in [0.15, 0.2) is 30.3 Å². The van der Waals surface area contributed by atoms with Crippen LogP contribution in [-0.2, 0) is 27.5 Å². The smallest absolute Gasteiger partial charge is 0.357 e. The van der Waals surface area contributed by atoms with Crippen LogP contribution in [0.3, 0.4) is 0 Å². The summed E-state index contributed by atoms with van der Waals surface area (Å²) >= 11 is 0. The molecule has 7 nitrogen and oxygen atoms in total. The largest absolute Gasteiger partial charge is 0.433 e. The van der Waals surface area contributed by atoms with Gasteiger partial charge >= 0.3 is 6.18 Å². The van der Waals surface area contributed by atoms with Crippen LogP contribution in [0.25, 0.3) is 6.08 Å². The van der Waals surface area contributed by atoms with Crippen molar-refractivity contribution in [1.29, 1.82) is 0 Å². The van der Waals surface area contributed by atoms with Gasteiger partial charge in [-0.1, -0.05) is 5.92 Å². The Hall–Kier alpha value is -3.59. The van der Waals surface area contributed by atoms with Gasteiger partial charge in [0.15, 0.2) is 0 Å². The number of carbonyl (C=O) groups excluding carboxylic acids is 1. The fourth-order valence-electron chi connectivity index (χ4n) is 3.10. The number of benzene rings is 1. The molecule has 1 aromatic heterocycles. The first-order valence-electron chi connectivity index (χ1n) is 10.3. The third-order valence-electron chi connectivity index (χ3n) is 4.73. The van der Waals surface area contributed by atoms with E-state index in [1.54, 1.807) is 18.7 Å². The van der Waals surface area contributed by atoms with E-state index in [1.165, 1.54) is 18.2 Å². The third kappa shape index (κ3) is 7.71. The van der Waals surface area contributed by atoms with Gasteiger partial charge in [0, 0.05) is 31.3 Å². The fourth-order valence-corrected chi connectivity index (χ4v) is 3.68. The summed E-state index contributed by atoms with van der Waals surface area (Å²) in [5, 5.41) is 2.51. The van der Waals surface area contributed by atoms with Gasteiger partial charge in [-0.2, -0.15) is 13.2 Å². The van der Waals surface area contributed by atoms with Gasteiger partial charge in [0.1, 0.15) is 17.3 Å². The van der Waals surface area contributed by atoms with Crippen LogP contribution < -0.4 is 14.9 Å². The van der Waals surface area contributed by atoms with Crippen LogP contribution in [0.5, 0.6) is 0 Å². The van der Waals surface area contributed by atoms with Crippen molar-refractivity contribution in [3.05, 3.63) is 58.5 Å². The highest BCUT2D eigenvalue weighted by Gasteiger charge is 2.33. The Morgan fingerprint density at radius 3 is 2.43 bits per heavy atom. The molecular weight excluding hydrogens is 488 g/mol. The van der Waals surface area contributed by atoms with E-state index in [9.17, 15) is 30.8 Å². The second-order valence-electron chi connectivity index (χ2n) is 7.35. The lowest BCUT2D eigenvalue weighted by atomic mass is 10.1. The van der Waals surface area contributed by atoms with Crippen molar-refractivity contribution in [3.63, 3.8) is 0 Å². The molecule has 0 bridgehead atoms. The highest BCUT2D eigenvalue weighted by molar-refractivity contribution is 7.92. The minimum absolute atomic E-state index is 0.0464. The standard InChI is InChI=1S/C23H24F4N4O3S/c1-5-16-12-15(13-18(24)21(16)30-35(4,33)34)14-28-20(32)11-9-17-8-10-19(23(25,26)27)29-22(17)31(6-2)7-3/h1,8-13,30H,6-7,14H2,2-4H3,(H,28,32). The molecule has 1 aromatic carbocycles. The number of amides is 1. The lowest BCUT2D eigenvalue weighted by Gasteiger charge is -2.23. The van der Waals surface area contributed by atoms with E-state index in [4.69, 9.17) is 6.42 Å². The van der Waals surface area contributed by atoms with Crippen molar-refractivity contribution >= 4 is 33.5 Å². The van der Waals surface area contributed by atoms with E-state index in [2.05, 4.69) is 16.2 Å². The summed E-state index contributed by atoms with van der Waals surface area (Å²) in [5.74, 6) is 0.766. The molecular formula is C23H24F4N4O3S. The summed E-state index contributed by atoms with van der Waals surface area (Å²) in [6.45, 7) is 4.22. The van der Waals surface area contributed by atoms with Crippen LogP contribution in [0.4, 0.5) is 29.1 Å². The number of halogens is 4. The highest BCUT2D eigenvalue weighted by Crippen LogP contribution is 2.31. The number of hydrogen-bond acceptors (Lipinski definition) is 5. The summed E-state index contributed by atoms with van der Waals surface area (Å²) in [5.41, 5.74) is -0.871. The number of rotatable bonds is 9. The second kappa shape index (κ2) is 11.2. The number of anilines is 2. The zero-order chi connectivity index (χ0) is 26.4. The summed E-state index contributed by atoms with van der Waals surface area (Å²) in [6.07, 6.45) is 4.04. The average Bonchev–Trinajstić information content (AvgIpc) is 2.77. The first-order valence-corrected chi connectivity index (χ1v) is 12.2. The second-order valence-corrected chi connectivity index (χ2v) is 9.10. The van der Waals surface area contributed by atoms with E-state index >= 15 is 0 Å². The molecule has 12 heteroatoms. The van der Waals surface area contributed by atoms with Crippen molar-refractivity contribution in [2.24, 2.45) is 0 Å². The minimum Gasteiger partial charge on any atom is -0.357 e. The molecule has 0 spiro atoms. The van der Waals surface area contributed by atoms with Gasteiger partial charge in [-0.3, -0.25) is 9.52 Å². The van der Waals surface area contributed by atoms with Crippen molar-refractivity contribution in [1.82, 2.24) is 10.3 Å². The molecule has 0 aliphatic rings. The normalized spacial score (nSPS) is 11.8. The minimum atomic E-state index is -4.61. The summed E-state index contributed by atoms with van der Waals surface area (Å²) in [7, 11) is -3.76. The molecule has 0 aliphatic carbocycles. The molecule has 1 heterocycles. The molecule has 0 aliphatic heterocycles. The number of carbonyl (C=O) groups is 1. The monoisotopic (exact) mass is 512 g/mol. The molecule has 2 N–H and O–H groups in total. The van der Waals surface area contributed by atoms with Crippen molar-refractivity contribution in [2.75, 3.05) is 29.0 Å². The fraction of sp³-hybridized carbons (Fsp3) is 0.304. The summed E-state index contributed by atoms with van der Waals surface area (Å²) in [4.78, 5) is 17.6. The maximum atomic E-state index is 14.4. The molecule has 0 atom stereocenters. The Morgan fingerprint density at radius 2 is 1.89 bits per heavy atom. The van der Waals surface area contributed by atoms with Gasteiger partial charge in [-0.15, -0.1) is 6.42 Å². The maximum Gasteiger partial charge on any atom is 0.433 e. The quantitative estimate of drug-likeness (QED) is 0.303. The number of pyridine rings is 1. The molecule has 188 valence electrons. The Bertz CT molecular complexity index is 1260. The number of aromatic nitrogens is 1. The van der Waals surface area contributed by atoms with Crippen LogP contribution in [0.1, 0.15) is 36.2 Å². The maximum absolute atomic E-state index is 14.4. The number of nitrogens with one attached hydrogen (secondary N) is 2. The molecule has 1 amide bonds. The van der Waals surface area contributed by atoms with Crippen molar-refractivity contribution in [2.45, 2.75) is 26.6 Å². The number of alkyl halides is 3. The number of terminal acetylenes is 1. The zero-order valence-corrected chi connectivity index (χ0v) is 20.0. The zero-order valence-electron chi connectivity index (χ0n) is 19.2. The molecule has 0 saturated heterocycles. The van der Waals surface area contributed by atoms with E-state index < -0.39 is 33.6 Å². The molecule has 2 rings (SSSR count). The topological polar surface area (TPSA) is 91.4 Å². The predicted octanol–water partition coefficient (Wildman–Crippen LogP) is 3.77. The SMILES string of the molecule is C#Cc1cc(CNC(=O)C=Cc2ccc(C(F)(F)F)nc2N(CC)CC)cc(F)c1NS(C)(=O)=O. The highest BCUT2D eigenvalue weighted by atomic mass is 32.2. The van der Waals surface area contributed by atoms with Gasteiger partial charge in [0.2, 0.25) is 15.9 Å². The Balaban J connectivity index is 2.22. The predicted molar refractivity (Wildman–Crippen MR) is 126 cm³/mol. The van der Waals surface area contributed by atoms with E-state index in [0.29, 0.717) is 18.7 Å². The van der Waals surface area contributed by atoms with Gasteiger partial charge in [0.05, 0.1) is 17.5 Å². The van der Waals surface area contributed by atoms with Crippen LogP contribution >= 0.6 is 0 Å². The molecule has 0 fully saturated rings. The van der Waals surface area contributed by atoms with Gasteiger partial charge < -0.3 is 10.2 Å². The Morgan fingerprint density at radius 1 is 1.23 bits per heavy atom. The van der Waals surface area contributed by atoms with Gasteiger partial charge in [0.25, 0.3) is 0 Å². The molecule has 2 aromatic rings. The number of hydrogen-bond donors (Lipinski definition) is 2. The lowest BCUT2D eigenvalue weighted by molar-refractivity contribution is -0.141. The van der Waals surface area contributed by atoms with Crippen LogP contribution in [0.2, 0.25) is 0 Å². The molecule has 0 unspecified atom stereocenters. The Labute approximate surface area is 201 Å². The first kappa shape index (κ1) is 27.7.